The largest absolute Gasteiger partial charge is 0.376 e. The zero-order valence-electron chi connectivity index (χ0n) is 12.9. The van der Waals surface area contributed by atoms with Crippen molar-refractivity contribution in [1.29, 1.82) is 0 Å². The smallest absolute Gasteiger partial charge is 0.0703 e. The van der Waals surface area contributed by atoms with E-state index in [1.165, 1.54) is 0 Å². The molecular formula is C15H31NO2. The Bertz CT molecular complexity index is 213. The van der Waals surface area contributed by atoms with E-state index in [9.17, 15) is 0 Å². The molecule has 0 radical (unpaired) electrons. The van der Waals surface area contributed by atoms with Gasteiger partial charge < -0.3 is 9.47 Å². The fraction of sp³-hybridized carbons (Fsp3) is 1.00. The number of ether oxygens (including phenoxy) is 2. The number of hydrogen-bond donors (Lipinski definition) is 0. The van der Waals surface area contributed by atoms with Crippen LogP contribution in [-0.2, 0) is 9.47 Å². The van der Waals surface area contributed by atoms with E-state index in [0.29, 0.717) is 12.2 Å². The lowest BCUT2D eigenvalue weighted by molar-refractivity contribution is -0.0896. The summed E-state index contributed by atoms with van der Waals surface area (Å²) in [6, 6.07) is 0. The van der Waals surface area contributed by atoms with Crippen LogP contribution in [0.4, 0.5) is 0 Å². The van der Waals surface area contributed by atoms with E-state index in [1.807, 2.05) is 0 Å². The molecule has 1 fully saturated rings. The first-order chi connectivity index (χ1) is 8.44. The quantitative estimate of drug-likeness (QED) is 0.683. The summed E-state index contributed by atoms with van der Waals surface area (Å²) in [6.45, 7) is 14.9. The molecule has 1 aliphatic rings. The van der Waals surface area contributed by atoms with Crippen molar-refractivity contribution in [3.63, 3.8) is 0 Å². The molecule has 0 amide bonds. The van der Waals surface area contributed by atoms with Gasteiger partial charge in [0.05, 0.1) is 17.8 Å². The van der Waals surface area contributed by atoms with Crippen molar-refractivity contribution in [3.8, 4) is 0 Å². The third kappa shape index (κ3) is 6.17. The Hall–Kier alpha value is -0.120. The molecule has 108 valence electrons. The molecule has 0 aromatic carbocycles. The Kier molecular flexibility index (Phi) is 6.61. The minimum absolute atomic E-state index is 0.0110. The summed E-state index contributed by atoms with van der Waals surface area (Å²) >= 11 is 0. The van der Waals surface area contributed by atoms with Crippen LogP contribution in [0.1, 0.15) is 53.9 Å². The summed E-state index contributed by atoms with van der Waals surface area (Å²) in [5, 5.41) is 0. The van der Waals surface area contributed by atoms with E-state index in [4.69, 9.17) is 9.47 Å². The van der Waals surface area contributed by atoms with Crippen LogP contribution in [0.5, 0.6) is 0 Å². The van der Waals surface area contributed by atoms with Crippen molar-refractivity contribution in [1.82, 2.24) is 4.90 Å². The highest BCUT2D eigenvalue weighted by Gasteiger charge is 2.25. The lowest BCUT2D eigenvalue weighted by atomic mass is 10.1. The van der Waals surface area contributed by atoms with Crippen LogP contribution in [0, 0.1) is 0 Å². The lowest BCUT2D eigenvalue weighted by Crippen LogP contribution is -2.47. The Morgan fingerprint density at radius 2 is 1.67 bits per heavy atom. The van der Waals surface area contributed by atoms with Crippen LogP contribution < -0.4 is 0 Å². The Labute approximate surface area is 113 Å². The van der Waals surface area contributed by atoms with E-state index in [0.717, 1.165) is 45.5 Å². The summed E-state index contributed by atoms with van der Waals surface area (Å²) in [5.41, 5.74) is -0.0110. The second kappa shape index (κ2) is 7.46. The maximum atomic E-state index is 6.00. The Morgan fingerprint density at radius 3 is 2.11 bits per heavy atom. The minimum atomic E-state index is -0.0110. The third-order valence-electron chi connectivity index (χ3n) is 3.37. The summed E-state index contributed by atoms with van der Waals surface area (Å²) in [7, 11) is 0. The second-order valence-electron chi connectivity index (χ2n) is 6.27. The third-order valence-corrected chi connectivity index (χ3v) is 3.37. The van der Waals surface area contributed by atoms with Gasteiger partial charge in [-0.25, -0.2) is 0 Å². The minimum Gasteiger partial charge on any atom is -0.376 e. The monoisotopic (exact) mass is 257 g/mol. The van der Waals surface area contributed by atoms with Crippen LogP contribution >= 0.6 is 0 Å². The molecule has 0 unspecified atom stereocenters. The van der Waals surface area contributed by atoms with E-state index in [1.54, 1.807) is 0 Å². The van der Waals surface area contributed by atoms with Crippen molar-refractivity contribution in [2.75, 3.05) is 26.2 Å². The Balaban J connectivity index is 2.24. The van der Waals surface area contributed by atoms with Gasteiger partial charge in [0.25, 0.3) is 0 Å². The maximum Gasteiger partial charge on any atom is 0.0703 e. The highest BCUT2D eigenvalue weighted by molar-refractivity contribution is 4.76. The molecule has 0 aliphatic carbocycles. The van der Waals surface area contributed by atoms with Crippen LogP contribution in [0.25, 0.3) is 0 Å². The molecule has 0 aromatic heterocycles. The summed E-state index contributed by atoms with van der Waals surface area (Å²) < 4.78 is 11.8. The van der Waals surface area contributed by atoms with Gasteiger partial charge in [-0.1, -0.05) is 13.8 Å². The summed E-state index contributed by atoms with van der Waals surface area (Å²) in [6.07, 6.45) is 4.20. The molecular weight excluding hydrogens is 226 g/mol. The average molecular weight is 257 g/mol. The SMILES string of the molecule is CC[C@@H]1CN(CCCOC(C)(C)C)C[C@H](CC)O1. The number of morpholine rings is 1. The highest BCUT2D eigenvalue weighted by atomic mass is 16.5. The molecule has 1 saturated heterocycles. The van der Waals surface area contributed by atoms with E-state index in [-0.39, 0.29) is 5.60 Å². The van der Waals surface area contributed by atoms with E-state index in [2.05, 4.69) is 39.5 Å². The van der Waals surface area contributed by atoms with Gasteiger partial charge in [0.1, 0.15) is 0 Å². The van der Waals surface area contributed by atoms with Gasteiger partial charge in [-0.15, -0.1) is 0 Å². The van der Waals surface area contributed by atoms with Crippen LogP contribution in [0.15, 0.2) is 0 Å². The summed E-state index contributed by atoms with van der Waals surface area (Å²) in [4.78, 5) is 2.54. The van der Waals surface area contributed by atoms with Crippen molar-refractivity contribution in [2.45, 2.75) is 71.7 Å². The van der Waals surface area contributed by atoms with Gasteiger partial charge >= 0.3 is 0 Å². The lowest BCUT2D eigenvalue weighted by Gasteiger charge is -2.37. The van der Waals surface area contributed by atoms with Gasteiger partial charge in [-0.3, -0.25) is 4.90 Å². The van der Waals surface area contributed by atoms with Crippen LogP contribution in [0.3, 0.4) is 0 Å². The number of nitrogens with zero attached hydrogens (tertiary/aromatic N) is 1. The molecule has 0 N–H and O–H groups in total. The van der Waals surface area contributed by atoms with Crippen LogP contribution in [-0.4, -0.2) is 49.0 Å². The van der Waals surface area contributed by atoms with Crippen molar-refractivity contribution in [2.24, 2.45) is 0 Å². The molecule has 0 saturated carbocycles. The fourth-order valence-electron chi connectivity index (χ4n) is 2.31. The predicted molar refractivity (Wildman–Crippen MR) is 76.0 cm³/mol. The highest BCUT2D eigenvalue weighted by Crippen LogP contribution is 2.16. The topological polar surface area (TPSA) is 21.7 Å². The zero-order chi connectivity index (χ0) is 13.6. The molecule has 0 bridgehead atoms. The molecule has 3 nitrogen and oxygen atoms in total. The first-order valence-electron chi connectivity index (χ1n) is 7.46. The van der Waals surface area contributed by atoms with E-state index < -0.39 is 0 Å². The van der Waals surface area contributed by atoms with Gasteiger partial charge in [0.2, 0.25) is 0 Å². The molecule has 0 aromatic rings. The maximum absolute atomic E-state index is 6.00. The second-order valence-corrected chi connectivity index (χ2v) is 6.27. The predicted octanol–water partition coefficient (Wildman–Crippen LogP) is 3.08. The molecule has 1 heterocycles. The first kappa shape index (κ1) is 15.9. The number of rotatable bonds is 6. The molecule has 1 aliphatic heterocycles. The summed E-state index contributed by atoms with van der Waals surface area (Å²) in [5.74, 6) is 0. The Morgan fingerprint density at radius 1 is 1.11 bits per heavy atom. The zero-order valence-corrected chi connectivity index (χ0v) is 12.9. The molecule has 0 spiro atoms. The average Bonchev–Trinajstić information content (AvgIpc) is 2.33. The van der Waals surface area contributed by atoms with Gasteiger partial charge in [-0.2, -0.15) is 0 Å². The van der Waals surface area contributed by atoms with Crippen LogP contribution in [0.2, 0.25) is 0 Å². The molecule has 3 heteroatoms. The normalized spacial score (nSPS) is 26.5. The van der Waals surface area contributed by atoms with Gasteiger partial charge in [0.15, 0.2) is 0 Å². The van der Waals surface area contributed by atoms with Gasteiger partial charge in [0, 0.05) is 26.2 Å². The molecule has 2 atom stereocenters. The molecule has 1 rings (SSSR count). The van der Waals surface area contributed by atoms with Gasteiger partial charge in [-0.05, 0) is 40.0 Å². The van der Waals surface area contributed by atoms with Crippen molar-refractivity contribution in [3.05, 3.63) is 0 Å². The van der Waals surface area contributed by atoms with Crippen molar-refractivity contribution < 1.29 is 9.47 Å². The van der Waals surface area contributed by atoms with E-state index >= 15 is 0 Å². The fourth-order valence-corrected chi connectivity index (χ4v) is 2.31. The first-order valence-corrected chi connectivity index (χ1v) is 7.46. The molecule has 18 heavy (non-hydrogen) atoms. The number of hydrogen-bond acceptors (Lipinski definition) is 3. The van der Waals surface area contributed by atoms with Crippen molar-refractivity contribution >= 4 is 0 Å². The standard InChI is InChI=1S/C15H31NO2/c1-6-13-11-16(12-14(7-2)18-13)9-8-10-17-15(3,4)5/h13-14H,6-12H2,1-5H3/t13-,14+.